The Balaban J connectivity index is 2.35. The van der Waals surface area contributed by atoms with Crippen molar-refractivity contribution in [3.63, 3.8) is 0 Å². The summed E-state index contributed by atoms with van der Waals surface area (Å²) < 4.78 is 26.7. The lowest BCUT2D eigenvalue weighted by atomic mass is 10.1. The van der Waals surface area contributed by atoms with E-state index in [1.807, 2.05) is 0 Å². The summed E-state index contributed by atoms with van der Waals surface area (Å²) in [6.45, 7) is 0.419. The van der Waals surface area contributed by atoms with Crippen LogP contribution in [0.25, 0.3) is 0 Å². The van der Waals surface area contributed by atoms with Crippen LogP contribution >= 0.6 is 0 Å². The van der Waals surface area contributed by atoms with E-state index >= 15 is 0 Å². The van der Waals surface area contributed by atoms with Crippen molar-refractivity contribution in [3.8, 4) is 0 Å². The van der Waals surface area contributed by atoms with Gasteiger partial charge in [0.25, 0.3) is 0 Å². The monoisotopic (exact) mass is 228 g/mol. The van der Waals surface area contributed by atoms with Gasteiger partial charge in [-0.1, -0.05) is 0 Å². The Morgan fingerprint density at radius 1 is 1.44 bits per heavy atom. The van der Waals surface area contributed by atoms with Gasteiger partial charge in [-0.05, 0) is 36.4 Å². The molecule has 0 amide bonds. The van der Waals surface area contributed by atoms with Crippen molar-refractivity contribution in [1.29, 1.82) is 0 Å². The number of benzene rings is 1. The maximum absolute atomic E-state index is 13.5. The van der Waals surface area contributed by atoms with Crippen LogP contribution in [0, 0.1) is 27.7 Å². The Morgan fingerprint density at radius 3 is 2.62 bits per heavy atom. The molecule has 86 valence electrons. The van der Waals surface area contributed by atoms with Crippen LogP contribution in [0.15, 0.2) is 12.1 Å². The fourth-order valence-electron chi connectivity index (χ4n) is 1.86. The predicted octanol–water partition coefficient (Wildman–Crippen LogP) is 1.94. The number of nitrogens with zero attached hydrogens (tertiary/aromatic N) is 1. The molecule has 6 heteroatoms. The molecule has 1 aliphatic carbocycles. The zero-order valence-electron chi connectivity index (χ0n) is 8.32. The van der Waals surface area contributed by atoms with E-state index in [0.29, 0.717) is 19.0 Å². The molecule has 1 aromatic rings. The summed E-state index contributed by atoms with van der Waals surface area (Å²) in [7, 11) is 0. The molecule has 2 rings (SSSR count). The minimum absolute atomic E-state index is 0.0969. The van der Waals surface area contributed by atoms with Crippen LogP contribution in [0.4, 0.5) is 14.5 Å². The van der Waals surface area contributed by atoms with E-state index in [9.17, 15) is 18.9 Å². The van der Waals surface area contributed by atoms with Crippen molar-refractivity contribution in [2.45, 2.75) is 12.3 Å². The summed E-state index contributed by atoms with van der Waals surface area (Å²) in [5, 5.41) is 10.4. The quantitative estimate of drug-likeness (QED) is 0.634. The minimum atomic E-state index is -0.996. The first-order chi connectivity index (χ1) is 7.54. The predicted molar refractivity (Wildman–Crippen MR) is 52.9 cm³/mol. The Kier molecular flexibility index (Phi) is 2.59. The van der Waals surface area contributed by atoms with Crippen LogP contribution in [0.1, 0.15) is 17.9 Å². The van der Waals surface area contributed by atoms with Gasteiger partial charge in [0, 0.05) is 0 Å². The van der Waals surface area contributed by atoms with Crippen LogP contribution in [-0.2, 0) is 0 Å². The van der Waals surface area contributed by atoms with E-state index in [-0.39, 0.29) is 17.4 Å². The molecule has 2 atom stereocenters. The molecule has 2 N–H and O–H groups in total. The Hall–Kier alpha value is -1.56. The lowest BCUT2D eigenvalue weighted by Crippen LogP contribution is -2.03. The maximum atomic E-state index is 13.5. The maximum Gasteiger partial charge on any atom is 0.307 e. The number of nitrogens with two attached hydrogens (primary N) is 1. The van der Waals surface area contributed by atoms with Gasteiger partial charge in [0.1, 0.15) is 5.82 Å². The molecular weight excluding hydrogens is 218 g/mol. The Morgan fingerprint density at radius 2 is 2.12 bits per heavy atom. The highest BCUT2D eigenvalue weighted by Gasteiger charge is 2.39. The van der Waals surface area contributed by atoms with Crippen molar-refractivity contribution < 1.29 is 13.7 Å². The van der Waals surface area contributed by atoms with Crippen molar-refractivity contribution in [2.24, 2.45) is 11.7 Å². The minimum Gasteiger partial charge on any atom is -0.330 e. The first-order valence-corrected chi connectivity index (χ1v) is 4.88. The molecule has 16 heavy (non-hydrogen) atoms. The number of nitro groups is 1. The fraction of sp³-hybridized carbons (Fsp3) is 0.400. The highest BCUT2D eigenvalue weighted by Crippen LogP contribution is 2.48. The van der Waals surface area contributed by atoms with Crippen LogP contribution in [0.3, 0.4) is 0 Å². The molecule has 1 aromatic carbocycles. The molecular formula is C10H10F2N2O2. The highest BCUT2D eigenvalue weighted by atomic mass is 19.1. The Labute approximate surface area is 90.2 Å². The topological polar surface area (TPSA) is 69.2 Å². The summed E-state index contributed by atoms with van der Waals surface area (Å²) in [5.74, 6) is -1.66. The smallest absolute Gasteiger partial charge is 0.307 e. The SMILES string of the molecule is NCC1CC1c1cc(F)c([N+](=O)[O-])cc1F. The molecule has 2 unspecified atom stereocenters. The summed E-state index contributed by atoms with van der Waals surface area (Å²) in [4.78, 5) is 9.44. The molecule has 4 nitrogen and oxygen atoms in total. The first kappa shape index (κ1) is 10.9. The molecule has 0 bridgehead atoms. The molecule has 0 aromatic heterocycles. The summed E-state index contributed by atoms with van der Waals surface area (Å²) in [6.07, 6.45) is 0.713. The average Bonchev–Trinajstić information content (AvgIpc) is 2.99. The van der Waals surface area contributed by atoms with E-state index in [1.54, 1.807) is 0 Å². The van der Waals surface area contributed by atoms with Crippen LogP contribution < -0.4 is 5.73 Å². The molecule has 0 heterocycles. The van der Waals surface area contributed by atoms with Crippen LogP contribution in [-0.4, -0.2) is 11.5 Å². The van der Waals surface area contributed by atoms with Gasteiger partial charge in [-0.15, -0.1) is 0 Å². The van der Waals surface area contributed by atoms with Crippen molar-refractivity contribution in [3.05, 3.63) is 39.4 Å². The number of hydrogen-bond donors (Lipinski definition) is 1. The molecule has 1 saturated carbocycles. The van der Waals surface area contributed by atoms with E-state index in [1.165, 1.54) is 0 Å². The first-order valence-electron chi connectivity index (χ1n) is 4.88. The van der Waals surface area contributed by atoms with E-state index < -0.39 is 22.2 Å². The van der Waals surface area contributed by atoms with Gasteiger partial charge in [0.15, 0.2) is 0 Å². The Bertz CT molecular complexity index is 451. The van der Waals surface area contributed by atoms with E-state index in [4.69, 9.17) is 5.73 Å². The molecule has 0 saturated heterocycles. The second kappa shape index (κ2) is 3.79. The number of rotatable bonds is 3. The van der Waals surface area contributed by atoms with Crippen molar-refractivity contribution >= 4 is 5.69 Å². The van der Waals surface area contributed by atoms with E-state index in [2.05, 4.69) is 0 Å². The third-order valence-electron chi connectivity index (χ3n) is 2.89. The average molecular weight is 228 g/mol. The molecule has 0 radical (unpaired) electrons. The normalized spacial score (nSPS) is 23.2. The highest BCUT2D eigenvalue weighted by molar-refractivity contribution is 5.39. The third-order valence-corrected chi connectivity index (χ3v) is 2.89. The number of hydrogen-bond acceptors (Lipinski definition) is 3. The van der Waals surface area contributed by atoms with E-state index in [0.717, 1.165) is 6.07 Å². The lowest BCUT2D eigenvalue weighted by molar-refractivity contribution is -0.387. The summed E-state index contributed by atoms with van der Waals surface area (Å²) in [6, 6.07) is 1.55. The summed E-state index contributed by atoms with van der Waals surface area (Å²) in [5.41, 5.74) is 4.77. The van der Waals surface area contributed by atoms with Gasteiger partial charge in [0.2, 0.25) is 5.82 Å². The molecule has 0 aliphatic heterocycles. The van der Waals surface area contributed by atoms with Gasteiger partial charge in [0.05, 0.1) is 11.0 Å². The second-order valence-corrected chi connectivity index (χ2v) is 3.92. The largest absolute Gasteiger partial charge is 0.330 e. The van der Waals surface area contributed by atoms with Gasteiger partial charge >= 0.3 is 5.69 Å². The molecule has 1 aliphatic rings. The van der Waals surface area contributed by atoms with Crippen molar-refractivity contribution in [2.75, 3.05) is 6.54 Å². The zero-order valence-corrected chi connectivity index (χ0v) is 8.32. The standard InChI is InChI=1S/C10H10F2N2O2/c11-8-3-10(14(15)16)9(12)2-7(8)6-1-5(6)4-13/h2-3,5-6H,1,4,13H2. The third kappa shape index (κ3) is 1.76. The van der Waals surface area contributed by atoms with Crippen LogP contribution in [0.2, 0.25) is 0 Å². The lowest BCUT2D eigenvalue weighted by Gasteiger charge is -2.02. The van der Waals surface area contributed by atoms with Gasteiger partial charge in [-0.3, -0.25) is 10.1 Å². The molecule has 1 fully saturated rings. The zero-order chi connectivity index (χ0) is 11.9. The fourth-order valence-corrected chi connectivity index (χ4v) is 1.86. The van der Waals surface area contributed by atoms with Gasteiger partial charge in [-0.25, -0.2) is 4.39 Å². The van der Waals surface area contributed by atoms with Gasteiger partial charge < -0.3 is 5.73 Å². The van der Waals surface area contributed by atoms with Crippen molar-refractivity contribution in [1.82, 2.24) is 0 Å². The number of halogens is 2. The van der Waals surface area contributed by atoms with Crippen LogP contribution in [0.5, 0.6) is 0 Å². The number of nitro benzene ring substituents is 1. The van der Waals surface area contributed by atoms with Gasteiger partial charge in [-0.2, -0.15) is 4.39 Å². The summed E-state index contributed by atoms with van der Waals surface area (Å²) >= 11 is 0. The second-order valence-electron chi connectivity index (χ2n) is 3.92. The molecule has 0 spiro atoms.